The van der Waals surface area contributed by atoms with Crippen LogP contribution in [0.25, 0.3) is 12.2 Å². The van der Waals surface area contributed by atoms with Gasteiger partial charge in [-0.1, -0.05) is 0 Å². The number of rotatable bonds is 7. The Labute approximate surface area is 246 Å². The fourth-order valence-electron chi connectivity index (χ4n) is 6.97. The van der Waals surface area contributed by atoms with E-state index in [9.17, 15) is 0 Å². The standard InChI is InChI=1S/2C16H14N.C2H7Si.2ClH.Zr/c2*1-12-10-13-6-5-9-16(15(13)11-12)17-14-7-3-2-4-8-14;1-3-2;;;/h2*2-11,17H,1H3;3H,1-2H3;2*1H;/q;;;;;+2/p-2. The third-order valence-electron chi connectivity index (χ3n) is 8.87. The molecule has 0 radical (unpaired) electrons. The topological polar surface area (TPSA) is 24.1 Å². The van der Waals surface area contributed by atoms with Crippen LogP contribution in [0.5, 0.6) is 0 Å². The van der Waals surface area contributed by atoms with Gasteiger partial charge in [0.25, 0.3) is 0 Å². The van der Waals surface area contributed by atoms with E-state index in [4.69, 9.17) is 17.0 Å². The Balaban J connectivity index is 1.47. The maximum atomic E-state index is 8.33. The van der Waals surface area contributed by atoms with Crippen LogP contribution in [-0.2, 0) is 15.6 Å². The van der Waals surface area contributed by atoms with Crippen LogP contribution in [0.15, 0.2) is 108 Å². The summed E-state index contributed by atoms with van der Waals surface area (Å²) >= 11 is -4.67. The Kier molecular flexibility index (Phi) is 7.28. The molecule has 0 saturated heterocycles. The first kappa shape index (κ1) is 27.8. The van der Waals surface area contributed by atoms with Gasteiger partial charge < -0.3 is 0 Å². The van der Waals surface area contributed by atoms with Gasteiger partial charge in [0.15, 0.2) is 0 Å². The maximum absolute atomic E-state index is 8.33. The van der Waals surface area contributed by atoms with Crippen molar-refractivity contribution in [3.8, 4) is 0 Å². The van der Waals surface area contributed by atoms with Gasteiger partial charge >= 0.3 is 249 Å². The van der Waals surface area contributed by atoms with Crippen LogP contribution in [0.3, 0.4) is 0 Å². The Bertz CT molecular complexity index is 1530. The molecule has 0 bridgehead atoms. The molecular formula is C34H35Cl2N2SiZr. The molecule has 6 heteroatoms. The second-order valence-electron chi connectivity index (χ2n) is 11.6. The van der Waals surface area contributed by atoms with Gasteiger partial charge in [-0.3, -0.25) is 0 Å². The molecule has 2 N–H and O–H groups in total. The summed E-state index contributed by atoms with van der Waals surface area (Å²) in [6.45, 7) is 9.27. The zero-order valence-corrected chi connectivity index (χ0v) is 28.5. The molecule has 0 amide bonds. The molecular weight excluding hydrogens is 627 g/mol. The van der Waals surface area contributed by atoms with Crippen molar-refractivity contribution in [2.24, 2.45) is 0 Å². The van der Waals surface area contributed by atoms with Crippen molar-refractivity contribution in [3.05, 3.63) is 130 Å². The molecule has 2 unspecified atom stereocenters. The SMILES string of the molecule is CC1=Cc2c(Nc3ccccc3)cccc2[CH]1[Zr]([Cl])([Cl])([CH]1C(C)=Cc2c(Nc3ccccc3)cccc21)[SiH](C)C. The minimum absolute atomic E-state index is 0.0778. The molecule has 6 rings (SSSR count). The number of anilines is 4. The van der Waals surface area contributed by atoms with Gasteiger partial charge in [-0.25, -0.2) is 0 Å². The number of para-hydroxylation sites is 2. The summed E-state index contributed by atoms with van der Waals surface area (Å²) in [5, 5.41) is 7.29. The molecule has 2 atom stereocenters. The first-order valence-electron chi connectivity index (χ1n) is 14.0. The second kappa shape index (κ2) is 10.5. The summed E-state index contributed by atoms with van der Waals surface area (Å²) in [6.07, 6.45) is 4.67. The number of fused-ring (bicyclic) bond motifs is 2. The van der Waals surface area contributed by atoms with Gasteiger partial charge in [-0.2, -0.15) is 0 Å². The van der Waals surface area contributed by atoms with E-state index in [-0.39, 0.29) is 7.25 Å². The Morgan fingerprint density at radius 1 is 0.575 bits per heavy atom. The van der Waals surface area contributed by atoms with Gasteiger partial charge in [0.05, 0.1) is 0 Å². The van der Waals surface area contributed by atoms with Crippen LogP contribution < -0.4 is 10.6 Å². The molecule has 0 fully saturated rings. The molecule has 0 aliphatic heterocycles. The monoisotopic (exact) mass is 659 g/mol. The molecule has 0 saturated carbocycles. The van der Waals surface area contributed by atoms with Gasteiger partial charge in [0, 0.05) is 0 Å². The fourth-order valence-corrected chi connectivity index (χ4v) is 39.9. The Morgan fingerprint density at radius 3 is 1.35 bits per heavy atom. The van der Waals surface area contributed by atoms with Crippen LogP contribution in [0.1, 0.15) is 43.4 Å². The van der Waals surface area contributed by atoms with E-state index in [2.05, 4.69) is 135 Å². The molecule has 4 aromatic carbocycles. The molecule has 2 aliphatic rings. The van der Waals surface area contributed by atoms with Gasteiger partial charge in [-0.05, 0) is 0 Å². The normalized spacial score (nSPS) is 18.8. The summed E-state index contributed by atoms with van der Waals surface area (Å²) in [7, 11) is 16.7. The number of benzene rings is 4. The zero-order chi connectivity index (χ0) is 28.1. The van der Waals surface area contributed by atoms with Crippen molar-refractivity contribution in [3.63, 3.8) is 0 Å². The van der Waals surface area contributed by atoms with E-state index in [1.54, 1.807) is 0 Å². The third kappa shape index (κ3) is 4.49. The van der Waals surface area contributed by atoms with E-state index in [0.29, 0.717) is 0 Å². The van der Waals surface area contributed by atoms with Crippen molar-refractivity contribution in [2.45, 2.75) is 34.2 Å². The third-order valence-corrected chi connectivity index (χ3v) is 61.1. The minimum atomic E-state index is -4.67. The summed E-state index contributed by atoms with van der Waals surface area (Å²) in [5.41, 5.74) is 12.0. The summed E-state index contributed by atoms with van der Waals surface area (Å²) in [6, 6.07) is 33.9. The van der Waals surface area contributed by atoms with Crippen LogP contribution >= 0.6 is 17.0 Å². The first-order chi connectivity index (χ1) is 19.2. The average molecular weight is 662 g/mol. The van der Waals surface area contributed by atoms with Crippen molar-refractivity contribution < 1.29 is 15.6 Å². The van der Waals surface area contributed by atoms with Gasteiger partial charge in [0.2, 0.25) is 0 Å². The molecule has 40 heavy (non-hydrogen) atoms. The molecule has 0 spiro atoms. The van der Waals surface area contributed by atoms with Crippen LogP contribution in [0.2, 0.25) is 13.1 Å². The van der Waals surface area contributed by atoms with Crippen LogP contribution in [0.4, 0.5) is 22.7 Å². The molecule has 0 heterocycles. The van der Waals surface area contributed by atoms with Crippen LogP contribution in [0, 0.1) is 0 Å². The predicted molar refractivity (Wildman–Crippen MR) is 176 cm³/mol. The first-order valence-corrected chi connectivity index (χ1v) is 30.3. The Hall–Kier alpha value is -2.36. The van der Waals surface area contributed by atoms with Crippen molar-refractivity contribution in [2.75, 3.05) is 10.6 Å². The van der Waals surface area contributed by atoms with Crippen molar-refractivity contribution >= 4 is 57.9 Å². The number of halogens is 2. The van der Waals surface area contributed by atoms with Crippen LogP contribution in [-0.4, -0.2) is 5.92 Å². The molecule has 203 valence electrons. The van der Waals surface area contributed by atoms with E-state index >= 15 is 0 Å². The van der Waals surface area contributed by atoms with E-state index in [1.165, 1.54) is 33.4 Å². The number of hydrogen-bond donors (Lipinski definition) is 2. The van der Waals surface area contributed by atoms with E-state index in [0.717, 1.165) is 22.7 Å². The summed E-state index contributed by atoms with van der Waals surface area (Å²) < 4.78 is 0.156. The fraction of sp³-hybridized carbons (Fsp3) is 0.176. The molecule has 4 aromatic rings. The zero-order valence-electron chi connectivity index (χ0n) is 23.4. The molecule has 0 aromatic heterocycles. The Morgan fingerprint density at radius 2 is 0.975 bits per heavy atom. The number of nitrogens with one attached hydrogen (secondary N) is 2. The quantitative estimate of drug-likeness (QED) is 0.193. The average Bonchev–Trinajstić information content (AvgIpc) is 3.48. The number of hydrogen-bond acceptors (Lipinski definition) is 2. The van der Waals surface area contributed by atoms with Crippen molar-refractivity contribution in [1.29, 1.82) is 0 Å². The van der Waals surface area contributed by atoms with E-state index in [1.807, 2.05) is 12.1 Å². The number of allylic oxidation sites excluding steroid dienone is 2. The van der Waals surface area contributed by atoms with Gasteiger partial charge in [0.1, 0.15) is 0 Å². The van der Waals surface area contributed by atoms with Crippen molar-refractivity contribution in [1.82, 2.24) is 0 Å². The summed E-state index contributed by atoms with van der Waals surface area (Å²) in [4.78, 5) is 0. The van der Waals surface area contributed by atoms with Gasteiger partial charge in [-0.15, -0.1) is 0 Å². The second-order valence-corrected chi connectivity index (χ2v) is 54.1. The summed E-state index contributed by atoms with van der Waals surface area (Å²) in [5.74, 6) is -1.57. The predicted octanol–water partition coefficient (Wildman–Crippen LogP) is 10.8. The molecule has 2 nitrogen and oxygen atoms in total. The molecule has 2 aliphatic carbocycles. The van der Waals surface area contributed by atoms with E-state index < -0.39 is 21.5 Å².